The number of nitrogens with one attached hydrogen (secondary N) is 1. The van der Waals surface area contributed by atoms with Crippen molar-refractivity contribution in [2.24, 2.45) is 0 Å². The Balaban J connectivity index is 1.55. The Morgan fingerprint density at radius 1 is 0.963 bits per heavy atom. The van der Waals surface area contributed by atoms with Gasteiger partial charge in [0, 0.05) is 22.5 Å². The summed E-state index contributed by atoms with van der Waals surface area (Å²) < 4.78 is 0. The second kappa shape index (κ2) is 6.59. The molecule has 1 unspecified atom stereocenters. The second-order valence-corrected chi connectivity index (χ2v) is 7.48. The van der Waals surface area contributed by atoms with E-state index in [0.29, 0.717) is 5.92 Å². The topological polar surface area (TPSA) is 15.8 Å². The first-order valence-electron chi connectivity index (χ1n) is 9.74. The minimum Gasteiger partial charge on any atom is -0.355 e. The van der Waals surface area contributed by atoms with Gasteiger partial charge in [0.05, 0.1) is 0 Å². The molecule has 1 aromatic heterocycles. The van der Waals surface area contributed by atoms with Crippen LogP contribution >= 0.6 is 0 Å². The van der Waals surface area contributed by atoms with Crippen LogP contribution in [0.4, 0.5) is 0 Å². The van der Waals surface area contributed by atoms with Crippen LogP contribution in [0.1, 0.15) is 46.7 Å². The van der Waals surface area contributed by atoms with Gasteiger partial charge in [-0.25, -0.2) is 0 Å². The number of benzene rings is 2. The molecule has 2 aromatic carbocycles. The average Bonchev–Trinajstić information content (AvgIpc) is 3.11. The minimum absolute atomic E-state index is 0.362. The van der Waals surface area contributed by atoms with E-state index in [4.69, 9.17) is 0 Å². The molecule has 0 saturated heterocycles. The molecule has 132 valence electrons. The van der Waals surface area contributed by atoms with Crippen LogP contribution in [0.3, 0.4) is 0 Å². The summed E-state index contributed by atoms with van der Waals surface area (Å²) in [6.45, 7) is 4.29. The maximum Gasteiger partial charge on any atom is 0.0461 e. The highest BCUT2D eigenvalue weighted by molar-refractivity contribution is 5.88. The molecule has 1 heterocycles. The molecular formula is C26H23N. The number of hydrogen-bond donors (Lipinski definition) is 1. The third-order valence-corrected chi connectivity index (χ3v) is 5.76. The molecule has 5 rings (SSSR count). The molecule has 2 aliphatic rings. The first-order valence-corrected chi connectivity index (χ1v) is 9.74. The summed E-state index contributed by atoms with van der Waals surface area (Å²) in [5.74, 6) is 0.362. The van der Waals surface area contributed by atoms with E-state index in [1.807, 2.05) is 0 Å². The van der Waals surface area contributed by atoms with Gasteiger partial charge in [-0.15, -0.1) is 0 Å². The van der Waals surface area contributed by atoms with Crippen LogP contribution in [0.25, 0.3) is 28.6 Å². The van der Waals surface area contributed by atoms with E-state index in [1.165, 1.54) is 38.9 Å². The Morgan fingerprint density at radius 3 is 2.85 bits per heavy atom. The molecule has 0 saturated carbocycles. The summed E-state index contributed by atoms with van der Waals surface area (Å²) in [6.07, 6.45) is 16.8. The molecule has 1 atom stereocenters. The highest BCUT2D eigenvalue weighted by Gasteiger charge is 2.15. The lowest BCUT2D eigenvalue weighted by molar-refractivity contribution is 0.868. The fourth-order valence-electron chi connectivity index (χ4n) is 4.28. The second-order valence-electron chi connectivity index (χ2n) is 7.48. The van der Waals surface area contributed by atoms with Crippen molar-refractivity contribution >= 4 is 28.6 Å². The third-order valence-electron chi connectivity index (χ3n) is 5.76. The molecule has 27 heavy (non-hydrogen) atoms. The number of hydrogen-bond acceptors (Lipinski definition) is 0. The zero-order valence-electron chi connectivity index (χ0n) is 15.4. The molecule has 0 amide bonds. The van der Waals surface area contributed by atoms with Gasteiger partial charge < -0.3 is 4.98 Å². The van der Waals surface area contributed by atoms with Gasteiger partial charge in [0.15, 0.2) is 0 Å². The summed E-state index contributed by atoms with van der Waals surface area (Å²) in [6, 6.07) is 15.4. The molecule has 0 aliphatic heterocycles. The highest BCUT2D eigenvalue weighted by atomic mass is 14.7. The fourth-order valence-corrected chi connectivity index (χ4v) is 4.28. The quantitative estimate of drug-likeness (QED) is 0.492. The summed E-state index contributed by atoms with van der Waals surface area (Å²) in [4.78, 5) is 3.56. The van der Waals surface area contributed by atoms with E-state index in [2.05, 4.69) is 90.5 Å². The largest absolute Gasteiger partial charge is 0.355 e. The Bertz CT molecular complexity index is 1120. The number of aromatic amines is 1. The molecule has 1 heteroatoms. The Hall–Kier alpha value is -3.06. The number of rotatable bonds is 1. The van der Waals surface area contributed by atoms with Crippen LogP contribution in [-0.2, 0) is 6.42 Å². The van der Waals surface area contributed by atoms with Crippen molar-refractivity contribution in [1.82, 2.24) is 4.98 Å². The van der Waals surface area contributed by atoms with Crippen LogP contribution < -0.4 is 0 Å². The van der Waals surface area contributed by atoms with Crippen molar-refractivity contribution in [2.75, 3.05) is 0 Å². The average molecular weight is 349 g/mol. The normalized spacial score (nSPS) is 21.0. The maximum absolute atomic E-state index is 4.29. The van der Waals surface area contributed by atoms with Gasteiger partial charge in [-0.1, -0.05) is 67.3 Å². The van der Waals surface area contributed by atoms with Crippen molar-refractivity contribution < 1.29 is 0 Å². The van der Waals surface area contributed by atoms with Crippen LogP contribution in [-0.4, -0.2) is 4.98 Å². The van der Waals surface area contributed by atoms with Crippen molar-refractivity contribution in [3.63, 3.8) is 0 Å². The van der Waals surface area contributed by atoms with Gasteiger partial charge >= 0.3 is 0 Å². The molecular weight excluding hydrogens is 326 g/mol. The minimum atomic E-state index is 0.362. The van der Waals surface area contributed by atoms with E-state index in [9.17, 15) is 0 Å². The number of aromatic nitrogens is 1. The van der Waals surface area contributed by atoms with Gasteiger partial charge in [-0.05, 0) is 65.3 Å². The van der Waals surface area contributed by atoms with E-state index in [-0.39, 0.29) is 0 Å². The fraction of sp³-hybridized carbons (Fsp3) is 0.154. The van der Waals surface area contributed by atoms with Crippen LogP contribution in [0.15, 0.2) is 73.3 Å². The molecule has 0 radical (unpaired) electrons. The number of fused-ring (bicyclic) bond motifs is 4. The predicted molar refractivity (Wildman–Crippen MR) is 117 cm³/mol. The zero-order valence-corrected chi connectivity index (χ0v) is 15.4. The van der Waals surface area contributed by atoms with Gasteiger partial charge in [0.1, 0.15) is 0 Å². The lowest BCUT2D eigenvalue weighted by atomic mass is 9.92. The lowest BCUT2D eigenvalue weighted by Crippen LogP contribution is -1.95. The first-order chi connectivity index (χ1) is 13.3. The summed E-state index contributed by atoms with van der Waals surface area (Å²) in [7, 11) is 0. The molecule has 2 aliphatic carbocycles. The molecule has 1 nitrogen and oxygen atoms in total. The number of aryl methyl sites for hydroxylation is 1. The molecule has 1 N–H and O–H groups in total. The third kappa shape index (κ3) is 2.90. The Kier molecular flexibility index (Phi) is 3.94. The van der Waals surface area contributed by atoms with E-state index >= 15 is 0 Å². The SMILES string of the molecule is C=C1/C=C\C(c2ccc3[nH]c4c(c3c2)CCC=C4)C/C=C/c2ccccc21. The monoisotopic (exact) mass is 349 g/mol. The van der Waals surface area contributed by atoms with Gasteiger partial charge in [0.2, 0.25) is 0 Å². The number of allylic oxidation sites excluding steroid dienone is 5. The van der Waals surface area contributed by atoms with Crippen LogP contribution in [0.5, 0.6) is 0 Å². The number of H-pyrrole nitrogens is 1. The Morgan fingerprint density at radius 2 is 1.89 bits per heavy atom. The van der Waals surface area contributed by atoms with E-state index < -0.39 is 0 Å². The van der Waals surface area contributed by atoms with Crippen molar-refractivity contribution in [3.05, 3.63) is 101 Å². The highest BCUT2D eigenvalue weighted by Crippen LogP contribution is 2.33. The van der Waals surface area contributed by atoms with Crippen LogP contribution in [0.2, 0.25) is 0 Å². The summed E-state index contributed by atoms with van der Waals surface area (Å²) >= 11 is 0. The summed E-state index contributed by atoms with van der Waals surface area (Å²) in [5.41, 5.74) is 8.90. The van der Waals surface area contributed by atoms with E-state index in [0.717, 1.165) is 24.8 Å². The van der Waals surface area contributed by atoms with Crippen molar-refractivity contribution in [1.29, 1.82) is 0 Å². The van der Waals surface area contributed by atoms with Gasteiger partial charge in [-0.2, -0.15) is 0 Å². The van der Waals surface area contributed by atoms with Crippen molar-refractivity contribution in [2.45, 2.75) is 25.2 Å². The molecule has 0 spiro atoms. The summed E-state index contributed by atoms with van der Waals surface area (Å²) in [5, 5.41) is 1.38. The molecule has 0 fully saturated rings. The lowest BCUT2D eigenvalue weighted by Gasteiger charge is -2.12. The van der Waals surface area contributed by atoms with Gasteiger partial charge in [-0.3, -0.25) is 0 Å². The molecule has 0 bridgehead atoms. The standard InChI is InChI=1S/C26H23N/c1-18-13-14-19(8-6-9-20-7-2-3-10-22(18)20)21-15-16-26-24(17-21)23-11-4-5-12-25(23)27-26/h2-3,5-7,9-10,12-17,19,27H,1,4,8,11H2/b9-6+,14-13-. The van der Waals surface area contributed by atoms with Crippen molar-refractivity contribution in [3.8, 4) is 0 Å². The predicted octanol–water partition coefficient (Wildman–Crippen LogP) is 6.90. The van der Waals surface area contributed by atoms with Crippen LogP contribution in [0, 0.1) is 0 Å². The Labute approximate surface area is 160 Å². The smallest absolute Gasteiger partial charge is 0.0461 e. The molecule has 3 aromatic rings. The van der Waals surface area contributed by atoms with E-state index in [1.54, 1.807) is 0 Å². The zero-order chi connectivity index (χ0) is 18.2. The first kappa shape index (κ1) is 16.1. The maximum atomic E-state index is 4.29. The van der Waals surface area contributed by atoms with Gasteiger partial charge in [0.25, 0.3) is 0 Å².